The van der Waals surface area contributed by atoms with Gasteiger partial charge in [0.05, 0.1) is 6.61 Å². The van der Waals surface area contributed by atoms with Crippen LogP contribution in [0.15, 0.2) is 53.1 Å². The van der Waals surface area contributed by atoms with Crippen LogP contribution in [0.4, 0.5) is 4.39 Å². The molecule has 0 aliphatic carbocycles. The second-order valence-electron chi connectivity index (χ2n) is 6.31. The lowest BCUT2D eigenvalue weighted by molar-refractivity contribution is -0.130. The zero-order chi connectivity index (χ0) is 19.9. The third-order valence-electron chi connectivity index (χ3n) is 4.24. The average Bonchev–Trinajstić information content (AvgIpc) is 3.17. The van der Waals surface area contributed by atoms with Gasteiger partial charge in [0.1, 0.15) is 11.6 Å². The number of benzene rings is 2. The Morgan fingerprint density at radius 1 is 1.18 bits per heavy atom. The number of carbonyl (C=O) groups excluding carboxylic acids is 1. The number of halogens is 1. The number of amides is 1. The molecule has 3 aromatic rings. The minimum Gasteiger partial charge on any atom is -0.494 e. The lowest BCUT2D eigenvalue weighted by Gasteiger charge is -2.17. The Balaban J connectivity index is 1.55. The van der Waals surface area contributed by atoms with Crippen LogP contribution in [-0.2, 0) is 17.8 Å². The van der Waals surface area contributed by atoms with Gasteiger partial charge in [-0.1, -0.05) is 23.4 Å². The molecule has 0 fully saturated rings. The molecule has 7 heteroatoms. The van der Waals surface area contributed by atoms with E-state index >= 15 is 0 Å². The summed E-state index contributed by atoms with van der Waals surface area (Å²) in [5.41, 5.74) is 1.29. The van der Waals surface area contributed by atoms with Gasteiger partial charge in [-0.05, 0) is 37.3 Å². The SMILES string of the molecule is CCOc1ccc(-c2noc(CCC(=O)N(C)Cc3ccccc3F)n2)cc1. The number of rotatable bonds is 8. The van der Waals surface area contributed by atoms with E-state index < -0.39 is 0 Å². The molecule has 0 N–H and O–H groups in total. The first-order chi connectivity index (χ1) is 13.6. The van der Waals surface area contributed by atoms with Crippen molar-refractivity contribution in [2.24, 2.45) is 0 Å². The van der Waals surface area contributed by atoms with Crippen LogP contribution < -0.4 is 4.74 Å². The van der Waals surface area contributed by atoms with E-state index in [0.29, 0.717) is 30.3 Å². The maximum Gasteiger partial charge on any atom is 0.227 e. The highest BCUT2D eigenvalue weighted by atomic mass is 19.1. The predicted octanol–water partition coefficient (Wildman–Crippen LogP) is 3.87. The maximum atomic E-state index is 13.7. The number of hydrogen-bond acceptors (Lipinski definition) is 5. The fourth-order valence-corrected chi connectivity index (χ4v) is 2.72. The van der Waals surface area contributed by atoms with E-state index in [0.717, 1.165) is 11.3 Å². The van der Waals surface area contributed by atoms with E-state index in [9.17, 15) is 9.18 Å². The number of hydrogen-bond donors (Lipinski definition) is 0. The molecule has 0 saturated heterocycles. The summed E-state index contributed by atoms with van der Waals surface area (Å²) in [4.78, 5) is 18.1. The summed E-state index contributed by atoms with van der Waals surface area (Å²) in [6.45, 7) is 2.74. The molecule has 28 heavy (non-hydrogen) atoms. The van der Waals surface area contributed by atoms with E-state index in [1.54, 1.807) is 25.2 Å². The second-order valence-corrected chi connectivity index (χ2v) is 6.31. The summed E-state index contributed by atoms with van der Waals surface area (Å²) in [6.07, 6.45) is 0.528. The summed E-state index contributed by atoms with van der Waals surface area (Å²) >= 11 is 0. The van der Waals surface area contributed by atoms with Crippen LogP contribution in [0.1, 0.15) is 24.8 Å². The summed E-state index contributed by atoms with van der Waals surface area (Å²) in [5.74, 6) is 1.18. The van der Waals surface area contributed by atoms with Crippen molar-refractivity contribution in [2.75, 3.05) is 13.7 Å². The molecule has 0 aliphatic rings. The number of aryl methyl sites for hydroxylation is 1. The standard InChI is InChI=1S/C21H22FN3O3/c1-3-27-17-10-8-15(9-11-17)21-23-19(28-24-21)12-13-20(26)25(2)14-16-6-4-5-7-18(16)22/h4-11H,3,12-14H2,1-2H3. The minimum atomic E-state index is -0.320. The molecule has 0 saturated carbocycles. The fourth-order valence-electron chi connectivity index (χ4n) is 2.72. The molecule has 1 aromatic heterocycles. The van der Waals surface area contributed by atoms with Crippen LogP contribution >= 0.6 is 0 Å². The van der Waals surface area contributed by atoms with Gasteiger partial charge in [-0.15, -0.1) is 0 Å². The molecule has 1 heterocycles. The summed E-state index contributed by atoms with van der Waals surface area (Å²) in [7, 11) is 1.65. The first-order valence-electron chi connectivity index (χ1n) is 9.10. The molecule has 1 amide bonds. The Morgan fingerprint density at radius 2 is 1.93 bits per heavy atom. The van der Waals surface area contributed by atoms with Crippen LogP contribution in [0.5, 0.6) is 5.75 Å². The molecule has 0 radical (unpaired) electrons. The molecular formula is C21H22FN3O3. The third-order valence-corrected chi connectivity index (χ3v) is 4.24. The van der Waals surface area contributed by atoms with Gasteiger partial charge in [0.25, 0.3) is 0 Å². The van der Waals surface area contributed by atoms with Crippen LogP contribution in [0.25, 0.3) is 11.4 Å². The smallest absolute Gasteiger partial charge is 0.227 e. The number of nitrogens with zero attached hydrogens (tertiary/aromatic N) is 3. The number of aromatic nitrogens is 2. The van der Waals surface area contributed by atoms with Crippen LogP contribution in [0, 0.1) is 5.82 Å². The van der Waals surface area contributed by atoms with E-state index in [4.69, 9.17) is 9.26 Å². The van der Waals surface area contributed by atoms with Gasteiger partial charge in [0.2, 0.25) is 17.6 Å². The quantitative estimate of drug-likeness (QED) is 0.591. The van der Waals surface area contributed by atoms with Gasteiger partial charge < -0.3 is 14.2 Å². The van der Waals surface area contributed by atoms with E-state index in [2.05, 4.69) is 10.1 Å². The van der Waals surface area contributed by atoms with Gasteiger partial charge in [-0.2, -0.15) is 4.98 Å². The Morgan fingerprint density at radius 3 is 2.64 bits per heavy atom. The normalized spacial score (nSPS) is 10.7. The van der Waals surface area contributed by atoms with Gasteiger partial charge in [0.15, 0.2) is 0 Å². The summed E-state index contributed by atoms with van der Waals surface area (Å²) in [5, 5.41) is 3.96. The zero-order valence-electron chi connectivity index (χ0n) is 15.9. The molecule has 6 nitrogen and oxygen atoms in total. The molecule has 2 aromatic carbocycles. The molecule has 0 spiro atoms. The van der Waals surface area contributed by atoms with Gasteiger partial charge in [-0.25, -0.2) is 4.39 Å². The van der Waals surface area contributed by atoms with E-state index in [1.165, 1.54) is 11.0 Å². The maximum absolute atomic E-state index is 13.7. The van der Waals surface area contributed by atoms with E-state index in [1.807, 2.05) is 31.2 Å². The van der Waals surface area contributed by atoms with Crippen molar-refractivity contribution in [1.29, 1.82) is 0 Å². The highest BCUT2D eigenvalue weighted by Gasteiger charge is 2.15. The highest BCUT2D eigenvalue weighted by Crippen LogP contribution is 2.20. The average molecular weight is 383 g/mol. The number of carbonyl (C=O) groups is 1. The van der Waals surface area contributed by atoms with Crippen molar-refractivity contribution < 1.29 is 18.4 Å². The largest absolute Gasteiger partial charge is 0.494 e. The van der Waals surface area contributed by atoms with E-state index in [-0.39, 0.29) is 24.7 Å². The van der Waals surface area contributed by atoms with Gasteiger partial charge in [-0.3, -0.25) is 4.79 Å². The van der Waals surface area contributed by atoms with Crippen molar-refractivity contribution in [3.8, 4) is 17.1 Å². The topological polar surface area (TPSA) is 68.5 Å². The van der Waals surface area contributed by atoms with Crippen molar-refractivity contribution in [2.45, 2.75) is 26.3 Å². The Bertz CT molecular complexity index is 925. The zero-order valence-corrected chi connectivity index (χ0v) is 15.9. The summed E-state index contributed by atoms with van der Waals surface area (Å²) in [6, 6.07) is 13.8. The van der Waals surface area contributed by atoms with Crippen LogP contribution in [-0.4, -0.2) is 34.6 Å². The molecule has 146 valence electrons. The Labute approximate surface area is 162 Å². The summed E-state index contributed by atoms with van der Waals surface area (Å²) < 4.78 is 24.4. The first kappa shape index (κ1) is 19.5. The van der Waals surface area contributed by atoms with Gasteiger partial charge >= 0.3 is 0 Å². The van der Waals surface area contributed by atoms with Crippen LogP contribution in [0.2, 0.25) is 0 Å². The molecule has 0 atom stereocenters. The van der Waals surface area contributed by atoms with Gasteiger partial charge in [0, 0.05) is 37.6 Å². The first-order valence-corrected chi connectivity index (χ1v) is 9.10. The molecule has 3 rings (SSSR count). The monoisotopic (exact) mass is 383 g/mol. The second kappa shape index (κ2) is 9.12. The Hall–Kier alpha value is -3.22. The highest BCUT2D eigenvalue weighted by molar-refractivity contribution is 5.76. The lowest BCUT2D eigenvalue weighted by Crippen LogP contribution is -2.26. The minimum absolute atomic E-state index is 0.121. The number of ether oxygens (including phenoxy) is 1. The van der Waals surface area contributed by atoms with Crippen molar-refractivity contribution in [1.82, 2.24) is 15.0 Å². The fraction of sp³-hybridized carbons (Fsp3) is 0.286. The molecule has 0 bridgehead atoms. The predicted molar refractivity (Wildman–Crippen MR) is 102 cm³/mol. The molecule has 0 unspecified atom stereocenters. The Kier molecular flexibility index (Phi) is 6.37. The molecular weight excluding hydrogens is 361 g/mol. The lowest BCUT2D eigenvalue weighted by atomic mass is 10.2. The van der Waals surface area contributed by atoms with Crippen LogP contribution in [0.3, 0.4) is 0 Å². The molecule has 0 aliphatic heterocycles. The van der Waals surface area contributed by atoms with Crippen molar-refractivity contribution >= 4 is 5.91 Å². The third kappa shape index (κ3) is 4.94. The van der Waals surface area contributed by atoms with Crippen molar-refractivity contribution in [3.05, 3.63) is 65.8 Å². The van der Waals surface area contributed by atoms with Crippen molar-refractivity contribution in [3.63, 3.8) is 0 Å².